The SMILES string of the molecule is COC(=O)C1(COC2CCCCO2)CC1. The summed E-state index contributed by atoms with van der Waals surface area (Å²) in [6, 6.07) is 0. The Morgan fingerprint density at radius 1 is 1.47 bits per heavy atom. The van der Waals surface area contributed by atoms with E-state index in [2.05, 4.69) is 0 Å². The van der Waals surface area contributed by atoms with Gasteiger partial charge in [-0.2, -0.15) is 0 Å². The van der Waals surface area contributed by atoms with Gasteiger partial charge in [0.05, 0.1) is 19.1 Å². The van der Waals surface area contributed by atoms with Crippen LogP contribution in [0.3, 0.4) is 0 Å². The molecular weight excluding hydrogens is 196 g/mol. The first-order valence-corrected chi connectivity index (χ1v) is 5.58. The first kappa shape index (κ1) is 10.9. The van der Waals surface area contributed by atoms with Gasteiger partial charge in [-0.25, -0.2) is 0 Å². The highest BCUT2D eigenvalue weighted by atomic mass is 16.7. The van der Waals surface area contributed by atoms with Gasteiger partial charge in [-0.1, -0.05) is 0 Å². The molecule has 0 bridgehead atoms. The fourth-order valence-electron chi connectivity index (χ4n) is 1.87. The first-order chi connectivity index (χ1) is 7.27. The normalized spacial score (nSPS) is 28.5. The average Bonchev–Trinajstić information content (AvgIpc) is 3.08. The third-order valence-corrected chi connectivity index (χ3v) is 3.16. The monoisotopic (exact) mass is 214 g/mol. The second-order valence-electron chi connectivity index (χ2n) is 4.38. The topological polar surface area (TPSA) is 44.8 Å². The van der Waals surface area contributed by atoms with Crippen LogP contribution < -0.4 is 0 Å². The molecule has 0 aromatic rings. The maximum absolute atomic E-state index is 11.4. The minimum absolute atomic E-state index is 0.110. The van der Waals surface area contributed by atoms with Crippen molar-refractivity contribution in [2.24, 2.45) is 5.41 Å². The van der Waals surface area contributed by atoms with Crippen molar-refractivity contribution in [3.63, 3.8) is 0 Å². The number of esters is 1. The van der Waals surface area contributed by atoms with E-state index in [1.54, 1.807) is 0 Å². The molecule has 0 spiro atoms. The fourth-order valence-corrected chi connectivity index (χ4v) is 1.87. The van der Waals surface area contributed by atoms with E-state index in [0.29, 0.717) is 6.61 Å². The van der Waals surface area contributed by atoms with E-state index in [4.69, 9.17) is 14.2 Å². The van der Waals surface area contributed by atoms with Crippen molar-refractivity contribution >= 4 is 5.97 Å². The van der Waals surface area contributed by atoms with Crippen LogP contribution in [0, 0.1) is 5.41 Å². The highest BCUT2D eigenvalue weighted by Gasteiger charge is 2.51. The predicted molar refractivity (Wildman–Crippen MR) is 53.2 cm³/mol. The Kier molecular flexibility index (Phi) is 3.26. The molecule has 1 unspecified atom stereocenters. The Balaban J connectivity index is 1.75. The lowest BCUT2D eigenvalue weighted by molar-refractivity contribution is -0.179. The van der Waals surface area contributed by atoms with Gasteiger partial charge in [0, 0.05) is 6.61 Å². The molecule has 1 heterocycles. The van der Waals surface area contributed by atoms with Crippen molar-refractivity contribution in [3.05, 3.63) is 0 Å². The van der Waals surface area contributed by atoms with E-state index in [1.807, 2.05) is 0 Å². The van der Waals surface area contributed by atoms with Crippen LogP contribution in [-0.2, 0) is 19.0 Å². The van der Waals surface area contributed by atoms with Crippen molar-refractivity contribution in [2.45, 2.75) is 38.4 Å². The highest BCUT2D eigenvalue weighted by molar-refractivity contribution is 5.79. The minimum Gasteiger partial charge on any atom is -0.469 e. The average molecular weight is 214 g/mol. The Hall–Kier alpha value is -0.610. The van der Waals surface area contributed by atoms with Gasteiger partial charge in [-0.3, -0.25) is 4.79 Å². The molecule has 0 radical (unpaired) electrons. The smallest absolute Gasteiger partial charge is 0.314 e. The van der Waals surface area contributed by atoms with Gasteiger partial charge in [-0.15, -0.1) is 0 Å². The Bertz CT molecular complexity index is 229. The summed E-state index contributed by atoms with van der Waals surface area (Å²) in [5.41, 5.74) is -0.352. The molecule has 0 aromatic carbocycles. The number of carbonyl (C=O) groups is 1. The lowest BCUT2D eigenvalue weighted by Crippen LogP contribution is -2.29. The summed E-state index contributed by atoms with van der Waals surface area (Å²) >= 11 is 0. The number of hydrogen-bond acceptors (Lipinski definition) is 4. The summed E-state index contributed by atoms with van der Waals surface area (Å²) in [5.74, 6) is -0.140. The Morgan fingerprint density at radius 3 is 2.80 bits per heavy atom. The predicted octanol–water partition coefficient (Wildman–Crippen LogP) is 1.48. The minimum atomic E-state index is -0.352. The van der Waals surface area contributed by atoms with Crippen molar-refractivity contribution in [3.8, 4) is 0 Å². The van der Waals surface area contributed by atoms with Crippen LogP contribution in [-0.4, -0.2) is 32.6 Å². The number of methoxy groups -OCH3 is 1. The maximum Gasteiger partial charge on any atom is 0.314 e. The van der Waals surface area contributed by atoms with Crippen LogP contribution in [0.15, 0.2) is 0 Å². The molecule has 4 nitrogen and oxygen atoms in total. The molecule has 1 aliphatic heterocycles. The number of rotatable bonds is 4. The molecule has 2 aliphatic rings. The van der Waals surface area contributed by atoms with E-state index in [9.17, 15) is 4.79 Å². The quantitative estimate of drug-likeness (QED) is 0.665. The molecule has 4 heteroatoms. The molecule has 1 aliphatic carbocycles. The van der Waals surface area contributed by atoms with Crippen LogP contribution in [0.25, 0.3) is 0 Å². The van der Waals surface area contributed by atoms with Gasteiger partial charge in [0.2, 0.25) is 0 Å². The molecule has 86 valence electrons. The largest absolute Gasteiger partial charge is 0.469 e. The molecule has 15 heavy (non-hydrogen) atoms. The summed E-state index contributed by atoms with van der Waals surface area (Å²) in [4.78, 5) is 11.4. The summed E-state index contributed by atoms with van der Waals surface area (Å²) in [6.07, 6.45) is 4.86. The van der Waals surface area contributed by atoms with Crippen LogP contribution in [0.2, 0.25) is 0 Å². The van der Waals surface area contributed by atoms with Crippen LogP contribution in [0.1, 0.15) is 32.1 Å². The number of carbonyl (C=O) groups excluding carboxylic acids is 1. The zero-order valence-electron chi connectivity index (χ0n) is 9.16. The summed E-state index contributed by atoms with van der Waals surface area (Å²) in [7, 11) is 1.43. The van der Waals surface area contributed by atoms with Gasteiger partial charge < -0.3 is 14.2 Å². The van der Waals surface area contributed by atoms with Gasteiger partial charge >= 0.3 is 5.97 Å². The zero-order valence-corrected chi connectivity index (χ0v) is 9.16. The van der Waals surface area contributed by atoms with E-state index < -0.39 is 0 Å². The second-order valence-corrected chi connectivity index (χ2v) is 4.38. The lowest BCUT2D eigenvalue weighted by Gasteiger charge is -2.24. The van der Waals surface area contributed by atoms with E-state index in [1.165, 1.54) is 7.11 Å². The van der Waals surface area contributed by atoms with Gasteiger partial charge in [0.1, 0.15) is 0 Å². The maximum atomic E-state index is 11.4. The van der Waals surface area contributed by atoms with Gasteiger partial charge in [0.25, 0.3) is 0 Å². The van der Waals surface area contributed by atoms with Crippen molar-refractivity contribution in [1.82, 2.24) is 0 Å². The number of ether oxygens (including phenoxy) is 3. The second kappa shape index (κ2) is 4.49. The number of hydrogen-bond donors (Lipinski definition) is 0. The van der Waals surface area contributed by atoms with Crippen LogP contribution in [0.4, 0.5) is 0 Å². The van der Waals surface area contributed by atoms with Gasteiger partial charge in [-0.05, 0) is 32.1 Å². The zero-order chi connectivity index (χ0) is 10.7. The molecule has 1 atom stereocenters. The molecule has 1 saturated carbocycles. The van der Waals surface area contributed by atoms with Gasteiger partial charge in [0.15, 0.2) is 6.29 Å². The van der Waals surface area contributed by atoms with Crippen LogP contribution >= 0.6 is 0 Å². The molecule has 0 aromatic heterocycles. The molecule has 2 fully saturated rings. The molecule has 0 amide bonds. The van der Waals surface area contributed by atoms with E-state index >= 15 is 0 Å². The highest BCUT2D eigenvalue weighted by Crippen LogP contribution is 2.47. The molecular formula is C11H18O4. The molecule has 0 N–H and O–H groups in total. The summed E-state index contributed by atoms with van der Waals surface area (Å²) in [5, 5.41) is 0. The summed E-state index contributed by atoms with van der Waals surface area (Å²) in [6.45, 7) is 1.22. The fraction of sp³-hybridized carbons (Fsp3) is 0.909. The summed E-state index contributed by atoms with van der Waals surface area (Å²) < 4.78 is 15.8. The van der Waals surface area contributed by atoms with Crippen molar-refractivity contribution < 1.29 is 19.0 Å². The van der Waals surface area contributed by atoms with Crippen LogP contribution in [0.5, 0.6) is 0 Å². The molecule has 1 saturated heterocycles. The third-order valence-electron chi connectivity index (χ3n) is 3.16. The Labute approximate surface area is 89.9 Å². The standard InChI is InChI=1S/C11H18O4/c1-13-10(12)11(5-6-11)8-15-9-4-2-3-7-14-9/h9H,2-8H2,1H3. The first-order valence-electron chi connectivity index (χ1n) is 5.58. The lowest BCUT2D eigenvalue weighted by atomic mass is 10.1. The Morgan fingerprint density at radius 2 is 2.27 bits per heavy atom. The third kappa shape index (κ3) is 2.49. The van der Waals surface area contributed by atoms with E-state index in [0.717, 1.165) is 38.7 Å². The van der Waals surface area contributed by atoms with Crippen molar-refractivity contribution in [1.29, 1.82) is 0 Å². The van der Waals surface area contributed by atoms with E-state index in [-0.39, 0.29) is 17.7 Å². The molecule has 2 rings (SSSR count). The van der Waals surface area contributed by atoms with Crippen molar-refractivity contribution in [2.75, 3.05) is 20.3 Å².